The zero-order chi connectivity index (χ0) is 20.8. The van der Waals surface area contributed by atoms with Crippen LogP contribution >= 0.6 is 23.1 Å². The standard InChI is InChI=1S/C19H24F2N4O2S2/c1-11-13(24-18(27)22-11)5-3-2-4-6-17(26)23-12-7-8-14-15(9-12)29-19(25-14)28-10-16(20)21/h7-9,11,13,16H,2-6,10H2,1H3,(H,23,26)(H2,22,24,27). The molecule has 0 radical (unpaired) electrons. The molecule has 1 aliphatic rings. The molecule has 0 bridgehead atoms. The van der Waals surface area contributed by atoms with Gasteiger partial charge < -0.3 is 16.0 Å². The summed E-state index contributed by atoms with van der Waals surface area (Å²) in [7, 11) is 0. The molecule has 10 heteroatoms. The highest BCUT2D eigenvalue weighted by atomic mass is 32.2. The van der Waals surface area contributed by atoms with Crippen molar-refractivity contribution in [3.8, 4) is 0 Å². The van der Waals surface area contributed by atoms with Crippen LogP contribution in [0.1, 0.15) is 39.0 Å². The Hall–Kier alpha value is -1.94. The lowest BCUT2D eigenvalue weighted by atomic mass is 10.0. The molecule has 2 unspecified atom stereocenters. The van der Waals surface area contributed by atoms with Gasteiger partial charge in [-0.05, 0) is 38.0 Å². The summed E-state index contributed by atoms with van der Waals surface area (Å²) in [6.07, 6.45) is 1.63. The van der Waals surface area contributed by atoms with Gasteiger partial charge in [0.2, 0.25) is 12.3 Å². The number of hydrogen-bond donors (Lipinski definition) is 3. The van der Waals surface area contributed by atoms with Crippen molar-refractivity contribution in [2.75, 3.05) is 11.1 Å². The summed E-state index contributed by atoms with van der Waals surface area (Å²) in [5, 5.41) is 8.60. The van der Waals surface area contributed by atoms with Crippen LogP contribution in [-0.4, -0.2) is 41.2 Å². The molecule has 2 atom stereocenters. The van der Waals surface area contributed by atoms with Gasteiger partial charge in [0.15, 0.2) is 4.34 Å². The molecule has 1 aromatic heterocycles. The van der Waals surface area contributed by atoms with Crippen molar-refractivity contribution in [2.45, 2.75) is 61.9 Å². The SMILES string of the molecule is CC1NC(=O)NC1CCCCCC(=O)Nc1ccc2nc(SCC(F)F)sc2c1. The summed E-state index contributed by atoms with van der Waals surface area (Å²) in [5.74, 6) is -0.322. The van der Waals surface area contributed by atoms with E-state index in [4.69, 9.17) is 0 Å². The molecule has 0 spiro atoms. The molecule has 29 heavy (non-hydrogen) atoms. The summed E-state index contributed by atoms with van der Waals surface area (Å²) < 4.78 is 26.1. The van der Waals surface area contributed by atoms with Crippen LogP contribution in [0.15, 0.2) is 22.5 Å². The number of amides is 3. The maximum Gasteiger partial charge on any atom is 0.315 e. The lowest BCUT2D eigenvalue weighted by Gasteiger charge is -2.13. The maximum atomic E-state index is 12.3. The van der Waals surface area contributed by atoms with Crippen molar-refractivity contribution in [3.05, 3.63) is 18.2 Å². The molecular formula is C19H24F2N4O2S2. The van der Waals surface area contributed by atoms with Gasteiger partial charge >= 0.3 is 6.03 Å². The van der Waals surface area contributed by atoms with E-state index in [9.17, 15) is 18.4 Å². The number of unbranched alkanes of at least 4 members (excludes halogenated alkanes) is 2. The van der Waals surface area contributed by atoms with E-state index in [-0.39, 0.29) is 29.8 Å². The lowest BCUT2D eigenvalue weighted by molar-refractivity contribution is -0.116. The Morgan fingerprint density at radius 2 is 2.14 bits per heavy atom. The number of fused-ring (bicyclic) bond motifs is 1. The molecule has 2 aromatic rings. The Labute approximate surface area is 176 Å². The average molecular weight is 443 g/mol. The quantitative estimate of drug-likeness (QED) is 0.371. The molecule has 3 N–H and O–H groups in total. The number of anilines is 1. The van der Waals surface area contributed by atoms with Crippen LogP contribution in [0.3, 0.4) is 0 Å². The number of carbonyl (C=O) groups excluding carboxylic acids is 2. The van der Waals surface area contributed by atoms with Crippen LogP contribution in [-0.2, 0) is 4.79 Å². The fraction of sp³-hybridized carbons (Fsp3) is 0.526. The highest BCUT2D eigenvalue weighted by Gasteiger charge is 2.26. The Kier molecular flexibility index (Phi) is 7.65. The molecule has 3 amide bonds. The van der Waals surface area contributed by atoms with Crippen LogP contribution in [0, 0.1) is 0 Å². The summed E-state index contributed by atoms with van der Waals surface area (Å²) in [5.41, 5.74) is 1.43. The summed E-state index contributed by atoms with van der Waals surface area (Å²) in [4.78, 5) is 27.7. The van der Waals surface area contributed by atoms with E-state index in [0.29, 0.717) is 16.4 Å². The van der Waals surface area contributed by atoms with Crippen LogP contribution in [0.25, 0.3) is 10.2 Å². The molecule has 1 aliphatic heterocycles. The first-order chi connectivity index (χ1) is 13.9. The number of urea groups is 1. The summed E-state index contributed by atoms with van der Waals surface area (Å²) in [6.45, 7) is 1.98. The van der Waals surface area contributed by atoms with Crippen LogP contribution < -0.4 is 16.0 Å². The van der Waals surface area contributed by atoms with E-state index >= 15 is 0 Å². The highest BCUT2D eigenvalue weighted by molar-refractivity contribution is 8.01. The Morgan fingerprint density at radius 3 is 2.86 bits per heavy atom. The van der Waals surface area contributed by atoms with Crippen molar-refractivity contribution >= 4 is 50.9 Å². The molecule has 1 fully saturated rings. The van der Waals surface area contributed by atoms with E-state index in [1.165, 1.54) is 11.3 Å². The maximum absolute atomic E-state index is 12.3. The highest BCUT2D eigenvalue weighted by Crippen LogP contribution is 2.32. The van der Waals surface area contributed by atoms with E-state index in [2.05, 4.69) is 20.9 Å². The number of hydrogen-bond acceptors (Lipinski definition) is 5. The Balaban J connectivity index is 1.39. The van der Waals surface area contributed by atoms with Crippen molar-refractivity contribution < 1.29 is 18.4 Å². The van der Waals surface area contributed by atoms with Crippen molar-refractivity contribution in [1.29, 1.82) is 0 Å². The number of aromatic nitrogens is 1. The summed E-state index contributed by atoms with van der Waals surface area (Å²) >= 11 is 2.39. The predicted molar refractivity (Wildman–Crippen MR) is 113 cm³/mol. The van der Waals surface area contributed by atoms with Gasteiger partial charge in [-0.3, -0.25) is 4.79 Å². The monoisotopic (exact) mass is 442 g/mol. The van der Waals surface area contributed by atoms with Crippen molar-refractivity contribution in [1.82, 2.24) is 15.6 Å². The minimum atomic E-state index is -2.36. The number of alkyl halides is 2. The van der Waals surface area contributed by atoms with E-state index in [0.717, 1.165) is 47.7 Å². The van der Waals surface area contributed by atoms with Crippen LogP contribution in [0.2, 0.25) is 0 Å². The van der Waals surface area contributed by atoms with Gasteiger partial charge in [-0.1, -0.05) is 24.6 Å². The third-order valence-electron chi connectivity index (χ3n) is 4.68. The second-order valence-electron chi connectivity index (χ2n) is 7.02. The first-order valence-corrected chi connectivity index (χ1v) is 11.4. The van der Waals surface area contributed by atoms with Crippen molar-refractivity contribution in [3.63, 3.8) is 0 Å². The topological polar surface area (TPSA) is 83.1 Å². The van der Waals surface area contributed by atoms with Gasteiger partial charge in [-0.2, -0.15) is 0 Å². The van der Waals surface area contributed by atoms with Crippen LogP contribution in [0.5, 0.6) is 0 Å². The molecule has 158 valence electrons. The largest absolute Gasteiger partial charge is 0.334 e. The number of halogens is 2. The van der Waals surface area contributed by atoms with Gasteiger partial charge in [0.1, 0.15) is 0 Å². The summed E-state index contributed by atoms with van der Waals surface area (Å²) in [6, 6.07) is 5.58. The number of rotatable bonds is 10. The smallest absolute Gasteiger partial charge is 0.315 e. The normalized spacial score (nSPS) is 18.8. The third-order valence-corrected chi connectivity index (χ3v) is 6.86. The molecule has 0 saturated carbocycles. The van der Waals surface area contributed by atoms with Gasteiger partial charge in [0.25, 0.3) is 0 Å². The molecule has 1 aromatic carbocycles. The fourth-order valence-electron chi connectivity index (χ4n) is 3.19. The van der Waals surface area contributed by atoms with E-state index in [1.54, 1.807) is 12.1 Å². The Morgan fingerprint density at radius 1 is 1.31 bits per heavy atom. The number of thiazole rings is 1. The van der Waals surface area contributed by atoms with E-state index < -0.39 is 6.43 Å². The molecule has 0 aliphatic carbocycles. The third kappa shape index (κ3) is 6.53. The van der Waals surface area contributed by atoms with Gasteiger partial charge in [-0.25, -0.2) is 18.6 Å². The minimum absolute atomic E-state index is 0.0506. The number of carbonyl (C=O) groups is 2. The number of thioether (sulfide) groups is 1. The van der Waals surface area contributed by atoms with E-state index in [1.807, 2.05) is 13.0 Å². The number of nitrogens with zero attached hydrogens (tertiary/aromatic N) is 1. The number of benzene rings is 1. The minimum Gasteiger partial charge on any atom is -0.334 e. The zero-order valence-electron chi connectivity index (χ0n) is 16.0. The van der Waals surface area contributed by atoms with Crippen molar-refractivity contribution in [2.24, 2.45) is 0 Å². The number of nitrogens with one attached hydrogen (secondary N) is 3. The van der Waals surface area contributed by atoms with Gasteiger partial charge in [0, 0.05) is 18.2 Å². The molecule has 6 nitrogen and oxygen atoms in total. The molecule has 2 heterocycles. The van der Waals surface area contributed by atoms with Gasteiger partial charge in [0.05, 0.1) is 22.0 Å². The molecular weight excluding hydrogens is 418 g/mol. The zero-order valence-corrected chi connectivity index (χ0v) is 17.7. The average Bonchev–Trinajstić information content (AvgIpc) is 3.21. The fourth-order valence-corrected chi connectivity index (χ4v) is 5.07. The second kappa shape index (κ2) is 10.2. The molecule has 1 saturated heterocycles. The molecule has 3 rings (SSSR count). The Bertz CT molecular complexity index is 862. The van der Waals surface area contributed by atoms with Gasteiger partial charge in [-0.15, -0.1) is 11.3 Å². The lowest BCUT2D eigenvalue weighted by Crippen LogP contribution is -2.30. The predicted octanol–water partition coefficient (Wildman–Crippen LogP) is 4.61. The first-order valence-electron chi connectivity index (χ1n) is 9.59. The van der Waals surface area contributed by atoms with Crippen LogP contribution in [0.4, 0.5) is 19.3 Å². The first kappa shape index (κ1) is 21.8. The second-order valence-corrected chi connectivity index (χ2v) is 9.32.